The van der Waals surface area contributed by atoms with Crippen LogP contribution in [0.4, 0.5) is 0 Å². The van der Waals surface area contributed by atoms with Gasteiger partial charge in [-0.25, -0.2) is 4.79 Å². The van der Waals surface area contributed by atoms with Crippen LogP contribution in [0.5, 0.6) is 0 Å². The minimum absolute atomic E-state index is 0.0518. The summed E-state index contributed by atoms with van der Waals surface area (Å²) in [4.78, 5) is 61.6. The Balaban J connectivity index is 0.764. The molecule has 24 fully saturated rings. The van der Waals surface area contributed by atoms with Crippen molar-refractivity contribution in [3.05, 3.63) is 24.3 Å². The molecule has 25 bridgehead atoms. The zero-order chi connectivity index (χ0) is 48.7. The molecular formula is C64H84O7. The summed E-state index contributed by atoms with van der Waals surface area (Å²) in [5, 5.41) is 0. The van der Waals surface area contributed by atoms with E-state index in [2.05, 4.69) is 20.1 Å². The molecular weight excluding hydrogens is 881 g/mol. The standard InChI is InChI=1S/C64H84O7/c1-30(43(65)27-55(3,4)5)15-62(16-31(2)50(66)70-56(6,7)8,53(67)69-36-14-41-44-37-10-32-17-57(44,9)51-59(18-32)19-33-11-38(45(37)59)47(41)61(51,22-33)25-36)54(68)71-58-26-42-48-39-12-34-20-60-21-35-13-40(46(39)60)49(42)64(24-35,29-58)52(60)63(48,23-34)28-58/h32-42,44-49,51-52H,1-2,10-29H2,3-9H3. The van der Waals surface area contributed by atoms with Gasteiger partial charge in [0.25, 0.3) is 0 Å². The molecule has 7 nitrogen and oxygen atoms in total. The summed E-state index contributed by atoms with van der Waals surface area (Å²) in [5.74, 6) is 11.9. The molecule has 24 rings (SSSR count). The third-order valence-corrected chi connectivity index (χ3v) is 28.2. The van der Waals surface area contributed by atoms with Crippen molar-refractivity contribution >= 4 is 23.7 Å². The fourth-order valence-corrected chi connectivity index (χ4v) is 30.7. The Labute approximate surface area is 423 Å². The zero-order valence-corrected chi connectivity index (χ0v) is 44.4. The number of carbonyl (C=O) groups excluding carboxylic acids is 4. The summed E-state index contributed by atoms with van der Waals surface area (Å²) < 4.78 is 20.7. The third kappa shape index (κ3) is 4.70. The average Bonchev–Trinajstić information content (AvgIpc) is 3.21. The third-order valence-electron chi connectivity index (χ3n) is 28.2. The van der Waals surface area contributed by atoms with Gasteiger partial charge in [-0.3, -0.25) is 14.4 Å². The average molecular weight is 965 g/mol. The van der Waals surface area contributed by atoms with Gasteiger partial charge < -0.3 is 14.2 Å². The highest BCUT2D eigenvalue weighted by atomic mass is 16.6. The molecule has 5 spiro atoms. The Hall–Kier alpha value is -2.44. The van der Waals surface area contributed by atoms with Gasteiger partial charge in [0.1, 0.15) is 17.3 Å². The van der Waals surface area contributed by atoms with Crippen molar-refractivity contribution in [3.63, 3.8) is 0 Å². The van der Waals surface area contributed by atoms with E-state index in [-0.39, 0.29) is 64.0 Å². The first kappa shape index (κ1) is 43.8. The largest absolute Gasteiger partial charge is 0.461 e. The van der Waals surface area contributed by atoms with Crippen LogP contribution in [0.1, 0.15) is 177 Å². The summed E-state index contributed by atoms with van der Waals surface area (Å²) in [6, 6.07) is 0. The molecule has 22 atom stereocenters. The maximum Gasteiger partial charge on any atom is 0.333 e. The van der Waals surface area contributed by atoms with Gasteiger partial charge in [0.05, 0.1) is 0 Å². The topological polar surface area (TPSA) is 96.0 Å². The molecule has 0 aromatic rings. The zero-order valence-electron chi connectivity index (χ0n) is 44.4. The van der Waals surface area contributed by atoms with Crippen molar-refractivity contribution < 1.29 is 33.4 Å². The van der Waals surface area contributed by atoms with Crippen molar-refractivity contribution in [1.82, 2.24) is 0 Å². The van der Waals surface area contributed by atoms with E-state index in [4.69, 9.17) is 14.2 Å². The van der Waals surface area contributed by atoms with Crippen LogP contribution in [-0.2, 0) is 33.4 Å². The van der Waals surface area contributed by atoms with Gasteiger partial charge in [0.2, 0.25) is 0 Å². The quantitative estimate of drug-likeness (QED) is 0.0881. The van der Waals surface area contributed by atoms with Crippen molar-refractivity contribution in [2.75, 3.05) is 0 Å². The molecule has 0 radical (unpaired) electrons. The molecule has 7 heteroatoms. The molecule has 382 valence electrons. The van der Waals surface area contributed by atoms with Crippen LogP contribution in [0.2, 0.25) is 0 Å². The molecule has 0 aliphatic heterocycles. The number of allylic oxidation sites excluding steroid dienone is 1. The predicted octanol–water partition coefficient (Wildman–Crippen LogP) is 12.3. The molecule has 0 N–H and O–H groups in total. The molecule has 0 saturated heterocycles. The highest BCUT2D eigenvalue weighted by Crippen LogP contribution is 2.97. The Morgan fingerprint density at radius 1 is 0.507 bits per heavy atom. The van der Waals surface area contributed by atoms with Gasteiger partial charge in [-0.1, -0.05) is 40.9 Å². The fourth-order valence-electron chi connectivity index (χ4n) is 30.7. The monoisotopic (exact) mass is 965 g/mol. The number of rotatable bonds is 11. The van der Waals surface area contributed by atoms with Gasteiger partial charge in [-0.15, -0.1) is 0 Å². The van der Waals surface area contributed by atoms with Crippen LogP contribution in [0.15, 0.2) is 24.3 Å². The van der Waals surface area contributed by atoms with Crippen molar-refractivity contribution in [2.24, 2.45) is 150 Å². The van der Waals surface area contributed by atoms with Gasteiger partial charge in [-0.2, -0.15) is 0 Å². The molecule has 0 heterocycles. The van der Waals surface area contributed by atoms with E-state index in [1.54, 1.807) is 0 Å². The molecule has 24 saturated carbocycles. The van der Waals surface area contributed by atoms with Crippen LogP contribution >= 0.6 is 0 Å². The Bertz CT molecular complexity index is 2500. The minimum Gasteiger partial charge on any atom is -0.461 e. The first-order valence-electron chi connectivity index (χ1n) is 30.0. The second-order valence-electron chi connectivity index (χ2n) is 33.6. The second-order valence-corrected chi connectivity index (χ2v) is 33.6. The number of Topliss-reactive ketones (excluding diaryl/α,β-unsaturated/α-hetero) is 1. The van der Waals surface area contributed by atoms with Crippen molar-refractivity contribution in [3.8, 4) is 0 Å². The van der Waals surface area contributed by atoms with Crippen LogP contribution in [-0.4, -0.2) is 41.0 Å². The summed E-state index contributed by atoms with van der Waals surface area (Å²) >= 11 is 0. The van der Waals surface area contributed by atoms with Crippen LogP contribution in [0.25, 0.3) is 0 Å². The van der Waals surface area contributed by atoms with E-state index in [1.807, 2.05) is 41.5 Å². The van der Waals surface area contributed by atoms with Gasteiger partial charge >= 0.3 is 17.9 Å². The van der Waals surface area contributed by atoms with E-state index >= 15 is 9.59 Å². The molecule has 22 unspecified atom stereocenters. The number of hydrogen-bond donors (Lipinski definition) is 0. The summed E-state index contributed by atoms with van der Waals surface area (Å²) in [6.45, 7) is 23.1. The Morgan fingerprint density at radius 2 is 0.972 bits per heavy atom. The normalized spacial score (nSPS) is 59.1. The van der Waals surface area contributed by atoms with Gasteiger partial charge in [0.15, 0.2) is 11.2 Å². The van der Waals surface area contributed by atoms with E-state index in [0.717, 1.165) is 115 Å². The van der Waals surface area contributed by atoms with Crippen molar-refractivity contribution in [1.29, 1.82) is 0 Å². The summed E-state index contributed by atoms with van der Waals surface area (Å²) in [5.41, 5.74) is -1.59. The second kappa shape index (κ2) is 12.4. The number of ketones is 1. The van der Waals surface area contributed by atoms with Crippen LogP contribution in [0, 0.1) is 150 Å². The number of ether oxygens (including phenoxy) is 3. The maximum atomic E-state index is 16.5. The van der Waals surface area contributed by atoms with Gasteiger partial charge in [-0.05, 0) is 280 Å². The smallest absolute Gasteiger partial charge is 0.333 e. The number of esters is 3. The Morgan fingerprint density at radius 3 is 1.52 bits per heavy atom. The SMILES string of the molecule is C=C(CC(CC(=C)C(=O)OC(C)(C)C)(C(=O)OC1CC2C3C4CC5CC3(C)C3C6(C5)CC5CC(C46)C2C3(C5)C1)C(=O)OC12CC3C4C5CC6CC78CC9CC(C57)C3C(C9)(C1)C8C4(C6)C2)C(=O)CC(C)(C)C. The first-order valence-corrected chi connectivity index (χ1v) is 30.0. The highest BCUT2D eigenvalue weighted by molar-refractivity contribution is 6.05. The lowest BCUT2D eigenvalue weighted by molar-refractivity contribution is -0.472. The molecule has 0 aromatic carbocycles. The van der Waals surface area contributed by atoms with E-state index in [0.29, 0.717) is 39.9 Å². The molecule has 0 amide bonds. The van der Waals surface area contributed by atoms with Crippen molar-refractivity contribution in [2.45, 2.75) is 194 Å². The predicted molar refractivity (Wildman–Crippen MR) is 265 cm³/mol. The molecule has 71 heavy (non-hydrogen) atoms. The lowest BCUT2D eigenvalue weighted by Gasteiger charge is -2.94. The molecule has 0 aromatic heterocycles. The molecule has 24 aliphatic carbocycles. The highest BCUT2D eigenvalue weighted by Gasteiger charge is 2.92. The minimum atomic E-state index is -2.01. The fraction of sp³-hybridized carbons (Fsp3) is 0.875. The number of hydrogen-bond acceptors (Lipinski definition) is 7. The van der Waals surface area contributed by atoms with E-state index in [9.17, 15) is 9.59 Å². The van der Waals surface area contributed by atoms with E-state index < -0.39 is 34.5 Å². The van der Waals surface area contributed by atoms with Gasteiger partial charge in [0, 0.05) is 24.8 Å². The Kier molecular flexibility index (Phi) is 7.62. The first-order chi connectivity index (χ1) is 33.4. The molecule has 24 aliphatic rings. The summed E-state index contributed by atoms with van der Waals surface area (Å²) in [7, 11) is 0. The number of carbonyl (C=O) groups is 4. The summed E-state index contributed by atoms with van der Waals surface area (Å²) in [6.07, 6.45) is 20.6. The maximum absolute atomic E-state index is 16.5. The van der Waals surface area contributed by atoms with Crippen LogP contribution in [0.3, 0.4) is 0 Å². The van der Waals surface area contributed by atoms with E-state index in [1.165, 1.54) is 77.0 Å². The lowest BCUT2D eigenvalue weighted by atomic mass is 9.10. The lowest BCUT2D eigenvalue weighted by Crippen LogP contribution is -2.90. The van der Waals surface area contributed by atoms with Crippen LogP contribution < -0.4 is 0 Å².